The molecule has 0 aliphatic heterocycles. The summed E-state index contributed by atoms with van der Waals surface area (Å²) in [6, 6.07) is 18.3. The number of carbonyl (C=O) groups is 1. The fraction of sp³-hybridized carbons (Fsp3) is 0.250. The van der Waals surface area contributed by atoms with Crippen LogP contribution in [0.4, 0.5) is 5.69 Å². The van der Waals surface area contributed by atoms with Crippen LogP contribution in [0.15, 0.2) is 66.4 Å². The van der Waals surface area contributed by atoms with Gasteiger partial charge in [0.05, 0.1) is 7.11 Å². The van der Waals surface area contributed by atoms with Crippen molar-refractivity contribution in [3.8, 4) is 5.75 Å². The van der Waals surface area contributed by atoms with Crippen LogP contribution in [0.3, 0.4) is 0 Å². The summed E-state index contributed by atoms with van der Waals surface area (Å²) < 4.78 is 5.35. The lowest BCUT2D eigenvalue weighted by molar-refractivity contribution is -0.115. The molecule has 0 saturated heterocycles. The second-order valence-corrected chi connectivity index (χ2v) is 5.73. The van der Waals surface area contributed by atoms with Crippen molar-refractivity contribution in [1.29, 1.82) is 0 Å². The Labute approximate surface area is 137 Å². The molecule has 0 fully saturated rings. The van der Waals surface area contributed by atoms with E-state index in [0.29, 0.717) is 6.42 Å². The van der Waals surface area contributed by atoms with E-state index < -0.39 is 0 Å². The zero-order chi connectivity index (χ0) is 16.1. The fourth-order valence-electron chi connectivity index (χ4n) is 2.89. The van der Waals surface area contributed by atoms with Gasteiger partial charge in [-0.2, -0.15) is 0 Å². The third kappa shape index (κ3) is 3.81. The molecule has 0 aromatic heterocycles. The van der Waals surface area contributed by atoms with E-state index in [4.69, 9.17) is 4.74 Å². The predicted octanol–water partition coefficient (Wildman–Crippen LogP) is 4.34. The molecule has 0 unspecified atom stereocenters. The summed E-state index contributed by atoms with van der Waals surface area (Å²) in [5.41, 5.74) is 3.35. The molecular weight excluding hydrogens is 286 g/mol. The van der Waals surface area contributed by atoms with E-state index in [-0.39, 0.29) is 5.78 Å². The monoisotopic (exact) mass is 307 g/mol. The minimum Gasteiger partial charge on any atom is -0.497 e. The molecule has 3 heteroatoms. The van der Waals surface area contributed by atoms with Gasteiger partial charge in [-0.25, -0.2) is 0 Å². The average molecular weight is 307 g/mol. The minimum atomic E-state index is 0.215. The average Bonchev–Trinajstić information content (AvgIpc) is 2.60. The fourth-order valence-corrected chi connectivity index (χ4v) is 2.89. The molecule has 0 heterocycles. The Balaban J connectivity index is 1.97. The van der Waals surface area contributed by atoms with Gasteiger partial charge < -0.3 is 9.64 Å². The summed E-state index contributed by atoms with van der Waals surface area (Å²) in [7, 11) is 1.67. The molecule has 0 amide bonds. The Morgan fingerprint density at radius 3 is 2.61 bits per heavy atom. The topological polar surface area (TPSA) is 29.5 Å². The maximum absolute atomic E-state index is 11.9. The zero-order valence-corrected chi connectivity index (χ0v) is 13.4. The van der Waals surface area contributed by atoms with Crippen molar-refractivity contribution >= 4 is 11.5 Å². The lowest BCUT2D eigenvalue weighted by Crippen LogP contribution is -2.24. The van der Waals surface area contributed by atoms with Gasteiger partial charge in [-0.15, -0.1) is 0 Å². The van der Waals surface area contributed by atoms with Crippen molar-refractivity contribution in [1.82, 2.24) is 0 Å². The Hall–Kier alpha value is -2.55. The summed E-state index contributed by atoms with van der Waals surface area (Å²) in [6.07, 6.45) is 4.29. The number of methoxy groups -OCH3 is 1. The van der Waals surface area contributed by atoms with Crippen LogP contribution < -0.4 is 9.64 Å². The van der Waals surface area contributed by atoms with Gasteiger partial charge in [0.25, 0.3) is 0 Å². The maximum Gasteiger partial charge on any atom is 0.157 e. The molecule has 3 nitrogen and oxygen atoms in total. The van der Waals surface area contributed by atoms with Crippen LogP contribution in [0.25, 0.3) is 0 Å². The van der Waals surface area contributed by atoms with E-state index >= 15 is 0 Å². The molecule has 0 bridgehead atoms. The number of carbonyl (C=O) groups excluding carboxylic acids is 1. The molecule has 1 aliphatic carbocycles. The SMILES string of the molecule is COc1cccc(N(Cc2ccccc2)C2=CC(=O)CCC2)c1. The number of hydrogen-bond acceptors (Lipinski definition) is 3. The van der Waals surface area contributed by atoms with Gasteiger partial charge in [0.1, 0.15) is 5.75 Å². The number of anilines is 1. The largest absolute Gasteiger partial charge is 0.497 e. The van der Waals surface area contributed by atoms with Crippen LogP contribution in [-0.4, -0.2) is 12.9 Å². The normalized spacial score (nSPS) is 14.3. The second kappa shape index (κ2) is 7.14. The highest BCUT2D eigenvalue weighted by Gasteiger charge is 2.18. The number of ketones is 1. The number of rotatable bonds is 5. The van der Waals surface area contributed by atoms with Crippen LogP contribution in [0.1, 0.15) is 24.8 Å². The Bertz CT molecular complexity index is 707. The Morgan fingerprint density at radius 2 is 1.87 bits per heavy atom. The number of hydrogen-bond donors (Lipinski definition) is 0. The van der Waals surface area contributed by atoms with E-state index in [1.165, 1.54) is 5.56 Å². The minimum absolute atomic E-state index is 0.215. The van der Waals surface area contributed by atoms with Gasteiger partial charge in [0.2, 0.25) is 0 Å². The lowest BCUT2D eigenvalue weighted by atomic mass is 10.0. The maximum atomic E-state index is 11.9. The second-order valence-electron chi connectivity index (χ2n) is 5.73. The quantitative estimate of drug-likeness (QED) is 0.823. The number of allylic oxidation sites excluding steroid dienone is 2. The van der Waals surface area contributed by atoms with Crippen molar-refractivity contribution < 1.29 is 9.53 Å². The third-order valence-electron chi connectivity index (χ3n) is 4.08. The molecule has 0 spiro atoms. The summed E-state index contributed by atoms with van der Waals surface area (Å²) in [5, 5.41) is 0. The first-order valence-corrected chi connectivity index (χ1v) is 7.95. The van der Waals surface area contributed by atoms with E-state index in [9.17, 15) is 4.79 Å². The summed E-state index contributed by atoms with van der Waals surface area (Å²) >= 11 is 0. The summed E-state index contributed by atoms with van der Waals surface area (Å²) in [6.45, 7) is 0.743. The first kappa shape index (κ1) is 15.3. The Kier molecular flexibility index (Phi) is 4.77. The Morgan fingerprint density at radius 1 is 1.04 bits per heavy atom. The van der Waals surface area contributed by atoms with E-state index in [1.807, 2.05) is 36.4 Å². The molecule has 0 N–H and O–H groups in total. The molecule has 3 rings (SSSR count). The van der Waals surface area contributed by atoms with Crippen molar-refractivity contribution in [3.05, 3.63) is 71.9 Å². The molecule has 2 aromatic carbocycles. The predicted molar refractivity (Wildman–Crippen MR) is 92.6 cm³/mol. The number of nitrogens with zero attached hydrogens (tertiary/aromatic N) is 1. The highest BCUT2D eigenvalue weighted by atomic mass is 16.5. The van der Waals surface area contributed by atoms with Crippen LogP contribution in [0, 0.1) is 0 Å². The molecular formula is C20H21NO2. The van der Waals surface area contributed by atoms with Gasteiger partial charge in [-0.3, -0.25) is 4.79 Å². The molecule has 0 saturated carbocycles. The molecule has 0 radical (unpaired) electrons. The van der Waals surface area contributed by atoms with Crippen molar-refractivity contribution in [3.63, 3.8) is 0 Å². The van der Waals surface area contributed by atoms with Crippen LogP contribution >= 0.6 is 0 Å². The third-order valence-corrected chi connectivity index (χ3v) is 4.08. The van der Waals surface area contributed by atoms with Crippen LogP contribution in [-0.2, 0) is 11.3 Å². The molecule has 1 aliphatic rings. The molecule has 23 heavy (non-hydrogen) atoms. The highest BCUT2D eigenvalue weighted by Crippen LogP contribution is 2.29. The first-order valence-electron chi connectivity index (χ1n) is 7.95. The first-order chi connectivity index (χ1) is 11.3. The zero-order valence-electron chi connectivity index (χ0n) is 13.4. The van der Waals surface area contributed by atoms with Gasteiger partial charge in [0, 0.05) is 36.5 Å². The molecule has 118 valence electrons. The lowest BCUT2D eigenvalue weighted by Gasteiger charge is -2.29. The van der Waals surface area contributed by atoms with E-state index in [2.05, 4.69) is 23.1 Å². The van der Waals surface area contributed by atoms with Gasteiger partial charge in [-0.1, -0.05) is 36.4 Å². The summed E-state index contributed by atoms with van der Waals surface area (Å²) in [5.74, 6) is 1.04. The van der Waals surface area contributed by atoms with Gasteiger partial charge in [-0.05, 0) is 30.5 Å². The highest BCUT2D eigenvalue weighted by molar-refractivity contribution is 5.91. The van der Waals surface area contributed by atoms with Crippen LogP contribution in [0.5, 0.6) is 5.75 Å². The van der Waals surface area contributed by atoms with Gasteiger partial charge in [0.15, 0.2) is 5.78 Å². The van der Waals surface area contributed by atoms with E-state index in [0.717, 1.165) is 36.5 Å². The van der Waals surface area contributed by atoms with Crippen molar-refractivity contribution in [2.45, 2.75) is 25.8 Å². The standard InChI is InChI=1S/C20H21NO2/c1-23-20-12-6-10-18(14-20)21(15-16-7-3-2-4-8-16)17-9-5-11-19(22)13-17/h2-4,6-8,10,12-14H,5,9,11,15H2,1H3. The van der Waals surface area contributed by atoms with E-state index in [1.54, 1.807) is 13.2 Å². The molecule has 0 atom stereocenters. The van der Waals surface area contributed by atoms with Crippen LogP contribution in [0.2, 0.25) is 0 Å². The van der Waals surface area contributed by atoms with Crippen molar-refractivity contribution in [2.75, 3.05) is 12.0 Å². The van der Waals surface area contributed by atoms with Crippen molar-refractivity contribution in [2.24, 2.45) is 0 Å². The smallest absolute Gasteiger partial charge is 0.157 e. The molecule has 2 aromatic rings. The summed E-state index contributed by atoms with van der Waals surface area (Å²) in [4.78, 5) is 14.1. The number of ether oxygens (including phenoxy) is 1. The van der Waals surface area contributed by atoms with Gasteiger partial charge >= 0.3 is 0 Å². The number of benzene rings is 2.